The molecule has 0 aromatic heterocycles. The van der Waals surface area contributed by atoms with Gasteiger partial charge in [0, 0.05) is 18.2 Å². The maximum absolute atomic E-state index is 13.1. The smallest absolute Gasteiger partial charge is 0.457 e. The van der Waals surface area contributed by atoms with Crippen molar-refractivity contribution in [3.63, 3.8) is 0 Å². The number of hydrogen-bond donors (Lipinski definition) is 0. The first-order valence-electron chi connectivity index (χ1n) is 17.5. The monoisotopic (exact) mass is 737 g/mol. The Morgan fingerprint density at radius 2 is 1.02 bits per heavy atom. The number of likely N-dealkylation sites (N-methyl/N-ethyl adjacent to an activating group) is 1. The van der Waals surface area contributed by atoms with Gasteiger partial charge in [0.1, 0.15) is 30.2 Å². The van der Waals surface area contributed by atoms with Crippen LogP contribution in [0.25, 0.3) is 11.1 Å². The molecule has 0 spiro atoms. The molecule has 2 unspecified atom stereocenters. The third-order valence-electron chi connectivity index (χ3n) is 7.79. The minimum Gasteiger partial charge on any atom is -0.457 e. The molecule has 0 aliphatic carbocycles. The normalized spacial score (nSPS) is 13.7. The zero-order chi connectivity index (χ0) is 40.7. The summed E-state index contributed by atoms with van der Waals surface area (Å²) in [5, 5.41) is 0. The molecular formula is C41H57N2O10+. The molecule has 12 heteroatoms. The van der Waals surface area contributed by atoms with Crippen molar-refractivity contribution in [2.45, 2.75) is 100 Å². The van der Waals surface area contributed by atoms with Crippen molar-refractivity contribution in [3.05, 3.63) is 59.7 Å². The van der Waals surface area contributed by atoms with Crippen molar-refractivity contribution >= 4 is 41.9 Å². The number of carbonyl (C=O) groups is 6. The molecule has 0 fully saturated rings. The predicted octanol–water partition coefficient (Wildman–Crippen LogP) is 7.40. The highest BCUT2D eigenvalue weighted by atomic mass is 16.6. The maximum Gasteiger partial charge on any atom is 0.596 e. The number of hydrogen-bond acceptors (Lipinski definition) is 10. The van der Waals surface area contributed by atoms with Gasteiger partial charge < -0.3 is 18.9 Å². The fourth-order valence-corrected chi connectivity index (χ4v) is 5.09. The second kappa shape index (κ2) is 17.3. The van der Waals surface area contributed by atoms with Gasteiger partial charge in [-0.3, -0.25) is 19.3 Å². The number of benzene rings is 2. The van der Waals surface area contributed by atoms with Crippen LogP contribution in [-0.4, -0.2) is 95.9 Å². The second-order valence-electron chi connectivity index (χ2n) is 17.2. The molecule has 0 heterocycles. The molecule has 0 N–H and O–H groups in total. The van der Waals surface area contributed by atoms with Crippen LogP contribution in [0.15, 0.2) is 48.5 Å². The molecule has 0 aliphatic heterocycles. The summed E-state index contributed by atoms with van der Waals surface area (Å²) in [4.78, 5) is 78.4. The van der Waals surface area contributed by atoms with E-state index in [9.17, 15) is 28.8 Å². The van der Waals surface area contributed by atoms with Crippen molar-refractivity contribution in [1.82, 2.24) is 4.90 Å². The molecule has 53 heavy (non-hydrogen) atoms. The van der Waals surface area contributed by atoms with E-state index in [1.807, 2.05) is 20.8 Å². The Balaban J connectivity index is 2.05. The second-order valence-corrected chi connectivity index (χ2v) is 17.2. The third-order valence-corrected chi connectivity index (χ3v) is 7.79. The highest BCUT2D eigenvalue weighted by Crippen LogP contribution is 2.28. The number of rotatable bonds is 11. The van der Waals surface area contributed by atoms with Crippen molar-refractivity contribution in [2.75, 3.05) is 27.3 Å². The first-order chi connectivity index (χ1) is 24.1. The number of ketones is 2. The van der Waals surface area contributed by atoms with Crippen LogP contribution < -0.4 is 0 Å². The molecule has 2 atom stereocenters. The number of Topliss-reactive ketones (excluding diaryl/α,β-unsaturated/α-hetero) is 2. The Kier molecular flexibility index (Phi) is 14.5. The van der Waals surface area contributed by atoms with Gasteiger partial charge in [0.05, 0.1) is 0 Å². The molecule has 290 valence electrons. The largest absolute Gasteiger partial charge is 0.596 e. The standard InChI is InChI=1S/C41H57N2O10/c1-38(2,3)30(23-42(13)36(48)52-40(7,8)9)34(46)50-24-31(44)28-19-15-26(16-20-28)27-17-21-29(22-18-27)32(45)25-51-35(47)33(39(4,5)6)43(14)37(49)53-41(10,11)12/h15-23,30,33H,24-25H2,1-14H3/q+1. The number of esters is 2. The minimum absolute atomic E-state index is 0.325. The summed E-state index contributed by atoms with van der Waals surface area (Å²) in [6.45, 7) is 20.3. The summed E-state index contributed by atoms with van der Waals surface area (Å²) in [6.07, 6.45) is 0.146. The Morgan fingerprint density at radius 3 is 1.38 bits per heavy atom. The molecule has 2 aromatic carbocycles. The Hall–Kier alpha value is -4.87. The fourth-order valence-electron chi connectivity index (χ4n) is 5.09. The zero-order valence-electron chi connectivity index (χ0n) is 33.7. The summed E-state index contributed by atoms with van der Waals surface area (Å²) in [7, 11) is 2.96. The van der Waals surface area contributed by atoms with E-state index in [1.54, 1.807) is 111 Å². The first kappa shape index (κ1) is 44.3. The van der Waals surface area contributed by atoms with Crippen molar-refractivity contribution in [1.29, 1.82) is 0 Å². The van der Waals surface area contributed by atoms with Crippen molar-refractivity contribution in [2.24, 2.45) is 16.7 Å². The maximum atomic E-state index is 13.1. The first-order valence-corrected chi connectivity index (χ1v) is 17.5. The average molecular weight is 738 g/mol. The van der Waals surface area contributed by atoms with Crippen LogP contribution in [0.5, 0.6) is 0 Å². The highest BCUT2D eigenvalue weighted by molar-refractivity contribution is 6.00. The van der Waals surface area contributed by atoms with Crippen LogP contribution in [0.1, 0.15) is 104 Å². The summed E-state index contributed by atoms with van der Waals surface area (Å²) < 4.78 is 22.8. The molecule has 2 rings (SSSR count). The van der Waals surface area contributed by atoms with Gasteiger partial charge in [-0.25, -0.2) is 9.59 Å². The third kappa shape index (κ3) is 13.9. The number of nitrogens with zero attached hydrogens (tertiary/aromatic N) is 2. The summed E-state index contributed by atoms with van der Waals surface area (Å²) in [5.74, 6) is -3.03. The van der Waals surface area contributed by atoms with Crippen LogP contribution in [0, 0.1) is 16.7 Å². The van der Waals surface area contributed by atoms with Gasteiger partial charge in [-0.2, -0.15) is 4.79 Å². The van der Waals surface area contributed by atoms with E-state index >= 15 is 0 Å². The van der Waals surface area contributed by atoms with Gasteiger partial charge in [0.25, 0.3) is 0 Å². The number of amides is 2. The van der Waals surface area contributed by atoms with E-state index < -0.39 is 82.9 Å². The average Bonchev–Trinajstić information content (AvgIpc) is 3.02. The van der Waals surface area contributed by atoms with E-state index in [1.165, 1.54) is 29.8 Å². The van der Waals surface area contributed by atoms with E-state index in [0.717, 1.165) is 11.1 Å². The van der Waals surface area contributed by atoms with E-state index in [0.29, 0.717) is 11.1 Å². The lowest BCUT2D eigenvalue weighted by Gasteiger charge is -2.36. The van der Waals surface area contributed by atoms with Crippen LogP contribution in [-0.2, 0) is 28.5 Å². The summed E-state index contributed by atoms with van der Waals surface area (Å²) in [5.41, 5.74) is -0.568. The molecule has 2 amide bonds. The summed E-state index contributed by atoms with van der Waals surface area (Å²) in [6, 6.07) is 12.4. The van der Waals surface area contributed by atoms with Gasteiger partial charge in [0.2, 0.25) is 0 Å². The van der Waals surface area contributed by atoms with Gasteiger partial charge in [0.15, 0.2) is 31.0 Å². The quantitative estimate of drug-likeness (QED) is 0.0752. The zero-order valence-corrected chi connectivity index (χ0v) is 33.7. The minimum atomic E-state index is -0.994. The van der Waals surface area contributed by atoms with Gasteiger partial charge in [-0.1, -0.05) is 90.1 Å². The lowest BCUT2D eigenvalue weighted by molar-refractivity contribution is -0.416. The lowest BCUT2D eigenvalue weighted by atomic mass is 9.81. The molecular weight excluding hydrogens is 680 g/mol. The Labute approximate surface area is 313 Å². The molecule has 2 aromatic rings. The van der Waals surface area contributed by atoms with Crippen LogP contribution >= 0.6 is 0 Å². The van der Waals surface area contributed by atoms with Crippen LogP contribution in [0.3, 0.4) is 0 Å². The van der Waals surface area contributed by atoms with Crippen LogP contribution in [0.4, 0.5) is 9.59 Å². The topological polar surface area (TPSA) is 146 Å². The SMILES string of the molecule is CN(C(=O)OC(C)(C)C)C(C(=O)OCC(=O)c1ccc(-c2ccc(C(=O)COC(=O)C(C=[N+](C)C(=O)OC(C)(C)C)C(C)(C)C)cc2)cc1)C(C)(C)C. The Bertz CT molecular complexity index is 1680. The Morgan fingerprint density at radius 1 is 0.623 bits per heavy atom. The van der Waals surface area contributed by atoms with E-state index in [2.05, 4.69) is 0 Å². The van der Waals surface area contributed by atoms with Crippen molar-refractivity contribution in [3.8, 4) is 11.1 Å². The molecule has 0 bridgehead atoms. The number of carbonyl (C=O) groups excluding carboxylic acids is 6. The lowest BCUT2D eigenvalue weighted by Crippen LogP contribution is -2.52. The highest BCUT2D eigenvalue weighted by Gasteiger charge is 2.40. The van der Waals surface area contributed by atoms with E-state index in [-0.39, 0.29) is 0 Å². The molecule has 0 saturated carbocycles. The van der Waals surface area contributed by atoms with E-state index in [4.69, 9.17) is 18.9 Å². The van der Waals surface area contributed by atoms with Gasteiger partial charge in [-0.05, 0) is 63.5 Å². The predicted molar refractivity (Wildman–Crippen MR) is 201 cm³/mol. The van der Waals surface area contributed by atoms with Gasteiger partial charge in [-0.15, -0.1) is 4.58 Å². The molecule has 0 radical (unpaired) electrons. The van der Waals surface area contributed by atoms with Crippen LogP contribution in [0.2, 0.25) is 0 Å². The number of ether oxygens (including phenoxy) is 4. The molecule has 12 nitrogen and oxygen atoms in total. The van der Waals surface area contributed by atoms with Gasteiger partial charge >= 0.3 is 24.1 Å². The fraction of sp³-hybridized carbons (Fsp3) is 0.537. The molecule has 0 aliphatic rings. The molecule has 0 saturated heterocycles. The van der Waals surface area contributed by atoms with Crippen molar-refractivity contribution < 1.29 is 52.3 Å². The summed E-state index contributed by atoms with van der Waals surface area (Å²) >= 11 is 0.